The molecule has 11 nitrogen and oxygen atoms in total. The third-order valence-electron chi connectivity index (χ3n) is 5.38. The predicted octanol–water partition coefficient (Wildman–Crippen LogP) is -0.642. The number of hydrogen-bond donors (Lipinski definition) is 5. The third kappa shape index (κ3) is 8.95. The fourth-order valence-electron chi connectivity index (χ4n) is 3.40. The molecular formula is C26H31CsF2N9O2+. The van der Waals surface area contributed by atoms with Gasteiger partial charge in [0.1, 0.15) is 12.0 Å². The van der Waals surface area contributed by atoms with E-state index in [9.17, 15) is 18.4 Å². The molecule has 3 aromatic heterocycles. The number of carbonyl (C=O) groups is 2. The molecule has 6 N–H and O–H groups in total. The number of benzene rings is 1. The van der Waals surface area contributed by atoms with Gasteiger partial charge >= 0.3 is 68.9 Å². The summed E-state index contributed by atoms with van der Waals surface area (Å²) in [7, 11) is 1.88. The van der Waals surface area contributed by atoms with Gasteiger partial charge in [-0.2, -0.15) is 13.9 Å². The molecule has 0 aliphatic heterocycles. The molecular weight excluding hydrogens is 641 g/mol. The molecule has 0 bridgehead atoms. The largest absolute Gasteiger partial charge is 1.00 e. The first-order chi connectivity index (χ1) is 18.7. The summed E-state index contributed by atoms with van der Waals surface area (Å²) in [6.45, 7) is 7.42. The number of aldehydes is 1. The Balaban J connectivity index is 0.00000105. The molecule has 0 atom stereocenters. The number of nitrogens with two attached hydrogens (primary N) is 1. The molecule has 40 heavy (non-hydrogen) atoms. The normalized spacial score (nSPS) is 10.6. The van der Waals surface area contributed by atoms with E-state index in [1.165, 1.54) is 18.6 Å². The molecule has 0 saturated carbocycles. The van der Waals surface area contributed by atoms with Crippen molar-refractivity contribution in [3.8, 4) is 11.3 Å². The third-order valence-corrected chi connectivity index (χ3v) is 5.38. The van der Waals surface area contributed by atoms with Gasteiger partial charge < -0.3 is 30.9 Å². The maximum absolute atomic E-state index is 14.0. The van der Waals surface area contributed by atoms with E-state index in [2.05, 4.69) is 48.8 Å². The van der Waals surface area contributed by atoms with Crippen LogP contribution in [0.2, 0.25) is 0 Å². The van der Waals surface area contributed by atoms with Gasteiger partial charge in [0.2, 0.25) is 0 Å². The average molecular weight is 672 g/mol. The van der Waals surface area contributed by atoms with Crippen LogP contribution < -0.4 is 90.2 Å². The van der Waals surface area contributed by atoms with Crippen molar-refractivity contribution >= 4 is 29.3 Å². The van der Waals surface area contributed by atoms with E-state index in [1.54, 1.807) is 28.8 Å². The Hall–Kier alpha value is -2.60. The molecule has 0 unspecified atom stereocenters. The molecule has 0 fully saturated rings. The van der Waals surface area contributed by atoms with E-state index in [1.807, 2.05) is 19.3 Å². The van der Waals surface area contributed by atoms with Crippen LogP contribution in [0, 0.1) is 6.07 Å². The van der Waals surface area contributed by atoms with Crippen LogP contribution in [0.15, 0.2) is 55.4 Å². The second-order valence-corrected chi connectivity index (χ2v) is 8.35. The van der Waals surface area contributed by atoms with E-state index in [4.69, 9.17) is 0 Å². The van der Waals surface area contributed by atoms with Crippen molar-refractivity contribution in [3.63, 3.8) is 0 Å². The fourth-order valence-corrected chi connectivity index (χ4v) is 3.40. The zero-order chi connectivity index (χ0) is 28.4. The smallest absolute Gasteiger partial charge is 0.390 e. The number of rotatable bonds is 11. The quantitative estimate of drug-likeness (QED) is 0.0810. The minimum Gasteiger partial charge on any atom is -0.390 e. The Bertz CT molecular complexity index is 1420. The molecule has 0 saturated heterocycles. The van der Waals surface area contributed by atoms with E-state index >= 15 is 0 Å². The number of fused-ring (bicyclic) bond motifs is 1. The van der Waals surface area contributed by atoms with E-state index < -0.39 is 5.92 Å². The van der Waals surface area contributed by atoms with Crippen LogP contribution in [0.4, 0.5) is 20.3 Å². The molecule has 0 radical (unpaired) electrons. The molecule has 206 valence electrons. The molecule has 1 amide bonds. The van der Waals surface area contributed by atoms with Crippen LogP contribution >= 0.6 is 0 Å². The number of carbonyl (C=O) groups excluding carboxylic acids is 2. The summed E-state index contributed by atoms with van der Waals surface area (Å²) >= 11 is 0. The summed E-state index contributed by atoms with van der Waals surface area (Å²) in [5.74, 6) is -2.13. The standard InChI is InChI=1S/C23H24F2N9O.C3H6O.Cs/c1-14(26-3)27-8-9-29-22(35)15-4-6-16(7-5-15)32-20-21-30-13-18(34(21)11-10-28-20)17-12-31-33-19(17)23(2,24)25;1-2-3-4;/h4,6-7,10-13,26-27H,1,8-9H2,2-3H3,(H,28,32)(H,29,35)(H,31,33);3H,2H2,1H3;/q-1;;+1/p+1. The van der Waals surface area contributed by atoms with Crippen molar-refractivity contribution in [2.75, 3.05) is 25.5 Å². The number of nitrogens with one attached hydrogen (secondary N) is 4. The number of aromatic amines is 1. The predicted molar refractivity (Wildman–Crippen MR) is 142 cm³/mol. The summed E-state index contributed by atoms with van der Waals surface area (Å²) in [6.07, 6.45) is 7.52. The zero-order valence-corrected chi connectivity index (χ0v) is 29.2. The Kier molecular flexibility index (Phi) is 13.4. The van der Waals surface area contributed by atoms with Gasteiger partial charge in [-0.15, -0.1) is 24.3 Å². The minimum absolute atomic E-state index is 0. The molecule has 3 heterocycles. The number of nitrogens with zero attached hydrogens (tertiary/aromatic N) is 4. The summed E-state index contributed by atoms with van der Waals surface area (Å²) in [5.41, 5.74) is 1.86. The van der Waals surface area contributed by atoms with Gasteiger partial charge in [0.05, 0.1) is 25.1 Å². The first-order valence-corrected chi connectivity index (χ1v) is 12.2. The summed E-state index contributed by atoms with van der Waals surface area (Å²) in [5, 5.41) is 17.0. The van der Waals surface area contributed by atoms with Crippen molar-refractivity contribution in [1.82, 2.24) is 35.2 Å². The number of hydrogen-bond acceptors (Lipinski definition) is 7. The van der Waals surface area contributed by atoms with Crippen LogP contribution in [0.3, 0.4) is 0 Å². The molecule has 0 spiro atoms. The maximum Gasteiger partial charge on any atom is 1.00 e. The van der Waals surface area contributed by atoms with Gasteiger partial charge in [-0.05, 0) is 12.3 Å². The van der Waals surface area contributed by atoms with Crippen LogP contribution in [0.5, 0.6) is 0 Å². The van der Waals surface area contributed by atoms with Gasteiger partial charge in [-0.25, -0.2) is 9.97 Å². The number of imidazole rings is 1. The van der Waals surface area contributed by atoms with Gasteiger partial charge in [0.25, 0.3) is 5.92 Å². The van der Waals surface area contributed by atoms with Crippen molar-refractivity contribution in [1.29, 1.82) is 0 Å². The van der Waals surface area contributed by atoms with Gasteiger partial charge in [0, 0.05) is 44.4 Å². The first-order valence-electron chi connectivity index (χ1n) is 12.2. The monoisotopic (exact) mass is 672 g/mol. The molecule has 4 aromatic rings. The van der Waals surface area contributed by atoms with Crippen LogP contribution in [-0.2, 0) is 10.7 Å². The molecule has 1 aromatic carbocycles. The first kappa shape index (κ1) is 33.6. The Morgan fingerprint density at radius 2 is 1.98 bits per heavy atom. The number of alkyl halides is 2. The van der Waals surface area contributed by atoms with E-state index in [0.717, 1.165) is 19.0 Å². The Morgan fingerprint density at radius 3 is 2.60 bits per heavy atom. The van der Waals surface area contributed by atoms with Gasteiger partial charge in [0.15, 0.2) is 23.2 Å². The number of aromatic nitrogens is 5. The zero-order valence-electron chi connectivity index (χ0n) is 22.9. The molecule has 0 aliphatic rings. The number of halogens is 2. The molecule has 14 heteroatoms. The number of anilines is 2. The van der Waals surface area contributed by atoms with E-state index in [-0.39, 0.29) is 86.1 Å². The molecule has 4 rings (SSSR count). The van der Waals surface area contributed by atoms with Crippen LogP contribution in [0.1, 0.15) is 36.3 Å². The SMILES string of the molecule is C=C(NCCNC(=O)c1[c-]cc(Nc2nccn3c(-c4cn[nH]c4C(C)(F)F)cnc23)cc1)[NH2+]C.CCC=O.[Cs+]. The second kappa shape index (κ2) is 16.0. The van der Waals surface area contributed by atoms with Crippen molar-refractivity contribution in [3.05, 3.63) is 72.7 Å². The average Bonchev–Trinajstić information content (AvgIpc) is 3.59. The van der Waals surface area contributed by atoms with Crippen LogP contribution in [0.25, 0.3) is 16.9 Å². The van der Waals surface area contributed by atoms with Crippen molar-refractivity contribution < 1.29 is 92.6 Å². The van der Waals surface area contributed by atoms with Crippen molar-refractivity contribution in [2.45, 2.75) is 26.2 Å². The number of H-pyrrole nitrogens is 1. The fraction of sp³-hybridized carbons (Fsp3) is 0.269. The maximum atomic E-state index is 14.0. The van der Waals surface area contributed by atoms with Crippen molar-refractivity contribution in [2.24, 2.45) is 0 Å². The Labute approximate surface area is 289 Å². The van der Waals surface area contributed by atoms with E-state index in [0.29, 0.717) is 47.9 Å². The summed E-state index contributed by atoms with van der Waals surface area (Å²) in [4.78, 5) is 30.2. The summed E-state index contributed by atoms with van der Waals surface area (Å²) in [6, 6.07) is 7.94. The topological polar surface area (TPSA) is 146 Å². The van der Waals surface area contributed by atoms with Crippen LogP contribution in [-0.4, -0.2) is 56.9 Å². The second-order valence-electron chi connectivity index (χ2n) is 8.35. The number of quaternary nitrogens is 1. The Morgan fingerprint density at radius 1 is 1.25 bits per heavy atom. The minimum atomic E-state index is -3.09. The van der Waals surface area contributed by atoms with Gasteiger partial charge in [-0.3, -0.25) is 9.50 Å². The number of amides is 1. The summed E-state index contributed by atoms with van der Waals surface area (Å²) < 4.78 is 29.6. The van der Waals surface area contributed by atoms with Gasteiger partial charge in [-0.1, -0.05) is 12.5 Å². The molecule has 0 aliphatic carbocycles.